The largest absolute Gasteiger partial charge is 0.503 e. The summed E-state index contributed by atoms with van der Waals surface area (Å²) < 4.78 is 5.86. The van der Waals surface area contributed by atoms with Crippen LogP contribution in [0.25, 0.3) is 0 Å². The van der Waals surface area contributed by atoms with Crippen LogP contribution < -0.4 is 9.64 Å². The Hall–Kier alpha value is -1.86. The number of hydrogen-bond acceptors (Lipinski definition) is 6. The first-order valence-electron chi connectivity index (χ1n) is 7.47. The molecule has 1 N–H and O–H groups in total. The minimum Gasteiger partial charge on any atom is -0.503 e. The predicted octanol–water partition coefficient (Wildman–Crippen LogP) is 2.28. The van der Waals surface area contributed by atoms with Crippen molar-refractivity contribution in [3.63, 3.8) is 0 Å². The van der Waals surface area contributed by atoms with Crippen LogP contribution in [0.15, 0.2) is 35.1 Å². The number of nitrogens with zero attached hydrogens (tertiary/aromatic N) is 4. The van der Waals surface area contributed by atoms with Crippen molar-refractivity contribution in [2.45, 2.75) is 6.54 Å². The van der Waals surface area contributed by atoms with E-state index in [1.807, 2.05) is 18.2 Å². The zero-order valence-corrected chi connectivity index (χ0v) is 14.5. The minimum absolute atomic E-state index is 0.141. The van der Waals surface area contributed by atoms with Gasteiger partial charge in [-0.2, -0.15) is 0 Å². The van der Waals surface area contributed by atoms with E-state index in [0.29, 0.717) is 10.2 Å². The van der Waals surface area contributed by atoms with E-state index in [4.69, 9.17) is 4.74 Å². The number of benzene rings is 1. The SMILES string of the molecule is COc1cc(CN2CCN(c3ncccn3)CC2)cc(Br)c1O. The van der Waals surface area contributed by atoms with Gasteiger partial charge in [-0.3, -0.25) is 4.90 Å². The number of aromatic nitrogens is 2. The van der Waals surface area contributed by atoms with Crippen molar-refractivity contribution >= 4 is 21.9 Å². The van der Waals surface area contributed by atoms with Crippen LogP contribution in [0.1, 0.15) is 5.56 Å². The molecule has 1 aromatic carbocycles. The molecule has 1 aliphatic rings. The molecular weight excluding hydrogens is 360 g/mol. The summed E-state index contributed by atoms with van der Waals surface area (Å²) in [6, 6.07) is 5.65. The molecule has 6 nitrogen and oxygen atoms in total. The maximum atomic E-state index is 9.88. The van der Waals surface area contributed by atoms with Gasteiger partial charge >= 0.3 is 0 Å². The van der Waals surface area contributed by atoms with Crippen LogP contribution in [0, 0.1) is 0 Å². The maximum Gasteiger partial charge on any atom is 0.225 e. The number of phenolic OH excluding ortho intramolecular Hbond substituents is 1. The number of piperazine rings is 1. The van der Waals surface area contributed by atoms with E-state index in [9.17, 15) is 5.11 Å². The molecule has 0 spiro atoms. The number of anilines is 1. The fourth-order valence-electron chi connectivity index (χ4n) is 2.69. The summed E-state index contributed by atoms with van der Waals surface area (Å²) in [7, 11) is 1.56. The standard InChI is InChI=1S/C16H19BrN4O2/c1-23-14-10-12(9-13(17)15(14)22)11-20-5-7-21(8-6-20)16-18-3-2-4-19-16/h2-4,9-10,22H,5-8,11H2,1H3. The third-order valence-corrected chi connectivity index (χ3v) is 4.53. The lowest BCUT2D eigenvalue weighted by Gasteiger charge is -2.34. The first kappa shape index (κ1) is 16.0. The highest BCUT2D eigenvalue weighted by Crippen LogP contribution is 2.35. The summed E-state index contributed by atoms with van der Waals surface area (Å²) in [5.74, 6) is 1.43. The van der Waals surface area contributed by atoms with Gasteiger partial charge < -0.3 is 14.7 Å². The molecule has 1 fully saturated rings. The van der Waals surface area contributed by atoms with Crippen molar-refractivity contribution in [2.24, 2.45) is 0 Å². The molecule has 0 radical (unpaired) electrons. The molecule has 7 heteroatoms. The first-order chi connectivity index (χ1) is 11.2. The second-order valence-electron chi connectivity index (χ2n) is 5.44. The lowest BCUT2D eigenvalue weighted by Crippen LogP contribution is -2.46. The molecule has 0 bridgehead atoms. The highest BCUT2D eigenvalue weighted by atomic mass is 79.9. The molecule has 0 saturated carbocycles. The summed E-state index contributed by atoms with van der Waals surface area (Å²) in [4.78, 5) is 13.2. The summed E-state index contributed by atoms with van der Waals surface area (Å²) >= 11 is 3.37. The molecule has 0 aliphatic carbocycles. The van der Waals surface area contributed by atoms with E-state index in [1.54, 1.807) is 19.5 Å². The van der Waals surface area contributed by atoms with Gasteiger partial charge in [0.1, 0.15) is 0 Å². The average Bonchev–Trinajstić information content (AvgIpc) is 2.59. The maximum absolute atomic E-state index is 9.88. The van der Waals surface area contributed by atoms with Crippen molar-refractivity contribution in [3.8, 4) is 11.5 Å². The van der Waals surface area contributed by atoms with Crippen LogP contribution in [0.3, 0.4) is 0 Å². The topological polar surface area (TPSA) is 61.7 Å². The molecule has 0 unspecified atom stereocenters. The van der Waals surface area contributed by atoms with E-state index in [1.165, 1.54) is 0 Å². The molecule has 0 amide bonds. The molecular formula is C16H19BrN4O2. The molecule has 122 valence electrons. The molecule has 1 saturated heterocycles. The number of ether oxygens (including phenoxy) is 1. The Morgan fingerprint density at radius 1 is 1.17 bits per heavy atom. The van der Waals surface area contributed by atoms with Gasteiger partial charge in [0.15, 0.2) is 11.5 Å². The van der Waals surface area contributed by atoms with Gasteiger partial charge in [0.2, 0.25) is 5.95 Å². The second kappa shape index (κ2) is 7.14. The van der Waals surface area contributed by atoms with Crippen molar-refractivity contribution in [1.29, 1.82) is 0 Å². The van der Waals surface area contributed by atoms with Crippen LogP contribution in [0.5, 0.6) is 11.5 Å². The highest BCUT2D eigenvalue weighted by molar-refractivity contribution is 9.10. The Morgan fingerprint density at radius 3 is 2.52 bits per heavy atom. The van der Waals surface area contributed by atoms with Gasteiger partial charge in [0.05, 0.1) is 11.6 Å². The van der Waals surface area contributed by atoms with Crippen molar-refractivity contribution in [3.05, 3.63) is 40.6 Å². The summed E-state index contributed by atoms with van der Waals surface area (Å²) in [5, 5.41) is 9.88. The molecule has 0 atom stereocenters. The first-order valence-corrected chi connectivity index (χ1v) is 8.26. The monoisotopic (exact) mass is 378 g/mol. The molecule has 3 rings (SSSR count). The van der Waals surface area contributed by atoms with Crippen LogP contribution in [-0.2, 0) is 6.54 Å². The molecule has 1 aromatic heterocycles. The Morgan fingerprint density at radius 2 is 1.87 bits per heavy atom. The number of rotatable bonds is 4. The van der Waals surface area contributed by atoms with E-state index in [0.717, 1.165) is 44.2 Å². The molecule has 2 aromatic rings. The van der Waals surface area contributed by atoms with Crippen molar-refractivity contribution in [2.75, 3.05) is 38.2 Å². The van der Waals surface area contributed by atoms with Gasteiger partial charge in [-0.1, -0.05) is 0 Å². The number of hydrogen-bond donors (Lipinski definition) is 1. The Kier molecular flexibility index (Phi) is 4.97. The minimum atomic E-state index is 0.141. The zero-order valence-electron chi connectivity index (χ0n) is 12.9. The Bertz CT molecular complexity index is 661. The third kappa shape index (κ3) is 3.73. The van der Waals surface area contributed by atoms with Gasteiger partial charge in [-0.05, 0) is 39.7 Å². The lowest BCUT2D eigenvalue weighted by atomic mass is 10.1. The highest BCUT2D eigenvalue weighted by Gasteiger charge is 2.19. The summed E-state index contributed by atoms with van der Waals surface area (Å²) in [5.41, 5.74) is 1.11. The van der Waals surface area contributed by atoms with Crippen molar-refractivity contribution < 1.29 is 9.84 Å². The fourth-order valence-corrected chi connectivity index (χ4v) is 3.18. The van der Waals surface area contributed by atoms with E-state index < -0.39 is 0 Å². The van der Waals surface area contributed by atoms with Gasteiger partial charge in [0.25, 0.3) is 0 Å². The average molecular weight is 379 g/mol. The van der Waals surface area contributed by atoms with E-state index >= 15 is 0 Å². The number of aromatic hydroxyl groups is 1. The predicted molar refractivity (Wildman–Crippen MR) is 91.9 cm³/mol. The Labute approximate surface area is 143 Å². The van der Waals surface area contributed by atoms with Crippen LogP contribution >= 0.6 is 15.9 Å². The van der Waals surface area contributed by atoms with Gasteiger partial charge in [-0.25, -0.2) is 9.97 Å². The Balaban J connectivity index is 1.62. The van der Waals surface area contributed by atoms with Crippen molar-refractivity contribution in [1.82, 2.24) is 14.9 Å². The smallest absolute Gasteiger partial charge is 0.225 e. The van der Waals surface area contributed by atoms with E-state index in [2.05, 4.69) is 35.7 Å². The quantitative estimate of drug-likeness (QED) is 0.880. The number of phenols is 1. The summed E-state index contributed by atoms with van der Waals surface area (Å²) in [6.45, 7) is 4.51. The molecule has 1 aliphatic heterocycles. The van der Waals surface area contributed by atoms with Crippen LogP contribution in [0.2, 0.25) is 0 Å². The number of halogens is 1. The number of methoxy groups -OCH3 is 1. The summed E-state index contributed by atoms with van der Waals surface area (Å²) in [6.07, 6.45) is 3.55. The normalized spacial score (nSPS) is 15.7. The molecule has 2 heterocycles. The van der Waals surface area contributed by atoms with Crippen LogP contribution in [-0.4, -0.2) is 53.3 Å². The second-order valence-corrected chi connectivity index (χ2v) is 6.29. The third-order valence-electron chi connectivity index (χ3n) is 3.92. The van der Waals surface area contributed by atoms with Gasteiger partial charge in [-0.15, -0.1) is 0 Å². The lowest BCUT2D eigenvalue weighted by molar-refractivity contribution is 0.248. The molecule has 23 heavy (non-hydrogen) atoms. The van der Waals surface area contributed by atoms with Gasteiger partial charge in [0, 0.05) is 45.1 Å². The zero-order chi connectivity index (χ0) is 16.2. The fraction of sp³-hybridized carbons (Fsp3) is 0.375. The van der Waals surface area contributed by atoms with Crippen LogP contribution in [0.4, 0.5) is 5.95 Å². The van der Waals surface area contributed by atoms with E-state index in [-0.39, 0.29) is 5.75 Å².